The van der Waals surface area contributed by atoms with Gasteiger partial charge in [0.2, 0.25) is 0 Å². The third-order valence-electron chi connectivity index (χ3n) is 3.03. The van der Waals surface area contributed by atoms with E-state index < -0.39 is 0 Å². The van der Waals surface area contributed by atoms with E-state index >= 15 is 0 Å². The molecule has 4 heteroatoms. The van der Waals surface area contributed by atoms with Crippen molar-refractivity contribution in [1.82, 2.24) is 0 Å². The van der Waals surface area contributed by atoms with Crippen LogP contribution >= 0.6 is 0 Å². The van der Waals surface area contributed by atoms with Crippen LogP contribution in [-0.4, -0.2) is 18.6 Å². The summed E-state index contributed by atoms with van der Waals surface area (Å²) in [6.07, 6.45) is 1.46. The number of nitrogens with one attached hydrogen (secondary N) is 1. The molecule has 0 radical (unpaired) electrons. The maximum absolute atomic E-state index is 11.9. The fourth-order valence-corrected chi connectivity index (χ4v) is 2.18. The standard InChI is InChI=1S/C13H18N2O2/c1-8-6-10(14)7-9(2)12(8)15-13(16)11-4-3-5-17-11/h6-7,11H,3-5,14H2,1-2H3,(H,15,16). The molecule has 17 heavy (non-hydrogen) atoms. The molecule has 1 unspecified atom stereocenters. The molecule has 2 rings (SSSR count). The number of carbonyl (C=O) groups excluding carboxylic acids is 1. The fraction of sp³-hybridized carbons (Fsp3) is 0.462. The number of ether oxygens (including phenoxy) is 1. The number of anilines is 2. The van der Waals surface area contributed by atoms with E-state index in [9.17, 15) is 4.79 Å². The lowest BCUT2D eigenvalue weighted by atomic mass is 10.1. The van der Waals surface area contributed by atoms with Gasteiger partial charge >= 0.3 is 0 Å². The molecule has 1 aromatic carbocycles. The molecule has 3 N–H and O–H groups in total. The zero-order valence-corrected chi connectivity index (χ0v) is 10.2. The molecule has 1 atom stereocenters. The summed E-state index contributed by atoms with van der Waals surface area (Å²) in [6, 6.07) is 3.72. The third kappa shape index (κ3) is 2.58. The van der Waals surface area contributed by atoms with Crippen molar-refractivity contribution in [2.24, 2.45) is 0 Å². The van der Waals surface area contributed by atoms with Crippen LogP contribution in [0.5, 0.6) is 0 Å². The molecular weight excluding hydrogens is 216 g/mol. The Kier molecular flexibility index (Phi) is 3.33. The summed E-state index contributed by atoms with van der Waals surface area (Å²) in [4.78, 5) is 11.9. The average molecular weight is 234 g/mol. The molecule has 1 amide bonds. The normalized spacial score (nSPS) is 19.3. The fourth-order valence-electron chi connectivity index (χ4n) is 2.18. The van der Waals surface area contributed by atoms with Crippen LogP contribution in [-0.2, 0) is 9.53 Å². The van der Waals surface area contributed by atoms with Gasteiger partial charge in [-0.05, 0) is 49.9 Å². The second kappa shape index (κ2) is 4.75. The minimum Gasteiger partial charge on any atom is -0.399 e. The minimum atomic E-state index is -0.300. The molecule has 1 aliphatic rings. The van der Waals surface area contributed by atoms with Gasteiger partial charge in [0, 0.05) is 18.0 Å². The summed E-state index contributed by atoms with van der Waals surface area (Å²) in [5.41, 5.74) is 9.27. The van der Waals surface area contributed by atoms with Crippen LogP contribution in [0.1, 0.15) is 24.0 Å². The van der Waals surface area contributed by atoms with Crippen molar-refractivity contribution in [1.29, 1.82) is 0 Å². The first-order valence-electron chi connectivity index (χ1n) is 5.87. The second-order valence-corrected chi connectivity index (χ2v) is 4.52. The Bertz CT molecular complexity index is 414. The lowest BCUT2D eigenvalue weighted by molar-refractivity contribution is -0.124. The van der Waals surface area contributed by atoms with Gasteiger partial charge < -0.3 is 15.8 Å². The molecule has 0 aromatic heterocycles. The number of rotatable bonds is 2. The molecule has 0 saturated carbocycles. The minimum absolute atomic E-state index is 0.0570. The topological polar surface area (TPSA) is 64.3 Å². The predicted octanol–water partition coefficient (Wildman–Crippen LogP) is 2.00. The molecule has 92 valence electrons. The van der Waals surface area contributed by atoms with Crippen molar-refractivity contribution in [2.75, 3.05) is 17.7 Å². The van der Waals surface area contributed by atoms with Gasteiger partial charge in [-0.1, -0.05) is 0 Å². The van der Waals surface area contributed by atoms with E-state index in [0.717, 1.165) is 35.3 Å². The van der Waals surface area contributed by atoms with E-state index in [1.54, 1.807) is 0 Å². The number of nitrogens with two attached hydrogens (primary N) is 1. The summed E-state index contributed by atoms with van der Waals surface area (Å²) in [5.74, 6) is -0.0570. The molecule has 0 spiro atoms. The Morgan fingerprint density at radius 3 is 2.59 bits per heavy atom. The molecule has 1 fully saturated rings. The maximum atomic E-state index is 11.9. The van der Waals surface area contributed by atoms with Crippen molar-refractivity contribution >= 4 is 17.3 Å². The van der Waals surface area contributed by atoms with Gasteiger partial charge in [-0.3, -0.25) is 4.79 Å². The lowest BCUT2D eigenvalue weighted by Crippen LogP contribution is -2.27. The van der Waals surface area contributed by atoms with Crippen molar-refractivity contribution in [3.63, 3.8) is 0 Å². The second-order valence-electron chi connectivity index (χ2n) is 4.52. The van der Waals surface area contributed by atoms with Crippen LogP contribution in [0.4, 0.5) is 11.4 Å². The van der Waals surface area contributed by atoms with E-state index in [2.05, 4.69) is 5.32 Å². The number of amides is 1. The molecule has 1 aliphatic heterocycles. The van der Waals surface area contributed by atoms with Gasteiger partial charge in [-0.15, -0.1) is 0 Å². The highest BCUT2D eigenvalue weighted by Gasteiger charge is 2.24. The van der Waals surface area contributed by atoms with Crippen LogP contribution in [0.25, 0.3) is 0 Å². The smallest absolute Gasteiger partial charge is 0.253 e. The third-order valence-corrected chi connectivity index (χ3v) is 3.03. The van der Waals surface area contributed by atoms with E-state index in [-0.39, 0.29) is 12.0 Å². The molecule has 1 aromatic rings. The molecule has 0 aliphatic carbocycles. The Hall–Kier alpha value is -1.55. The first-order chi connectivity index (χ1) is 8.08. The van der Waals surface area contributed by atoms with Gasteiger partial charge in [0.25, 0.3) is 5.91 Å². The first kappa shape index (κ1) is 11.9. The highest BCUT2D eigenvalue weighted by Crippen LogP contribution is 2.24. The number of aryl methyl sites for hydroxylation is 2. The summed E-state index contributed by atoms with van der Waals surface area (Å²) in [6.45, 7) is 4.56. The number of hydrogen-bond acceptors (Lipinski definition) is 3. The van der Waals surface area contributed by atoms with Crippen molar-refractivity contribution in [2.45, 2.75) is 32.8 Å². The quantitative estimate of drug-likeness (QED) is 0.769. The van der Waals surface area contributed by atoms with E-state index in [4.69, 9.17) is 10.5 Å². The zero-order chi connectivity index (χ0) is 12.4. The first-order valence-corrected chi connectivity index (χ1v) is 5.87. The Labute approximate surface area is 101 Å². The Morgan fingerprint density at radius 2 is 2.06 bits per heavy atom. The van der Waals surface area contributed by atoms with E-state index in [0.29, 0.717) is 6.61 Å². The molecular formula is C13H18N2O2. The molecule has 4 nitrogen and oxygen atoms in total. The molecule has 0 bridgehead atoms. The summed E-state index contributed by atoms with van der Waals surface area (Å²) in [5, 5.41) is 2.93. The van der Waals surface area contributed by atoms with Gasteiger partial charge in [-0.25, -0.2) is 0 Å². The summed E-state index contributed by atoms with van der Waals surface area (Å²) < 4.78 is 5.35. The van der Waals surface area contributed by atoms with Gasteiger partial charge in [-0.2, -0.15) is 0 Å². The summed E-state index contributed by atoms with van der Waals surface area (Å²) >= 11 is 0. The number of carbonyl (C=O) groups is 1. The zero-order valence-electron chi connectivity index (χ0n) is 10.2. The number of benzene rings is 1. The van der Waals surface area contributed by atoms with Crippen LogP contribution < -0.4 is 11.1 Å². The lowest BCUT2D eigenvalue weighted by Gasteiger charge is -2.15. The molecule has 1 saturated heterocycles. The van der Waals surface area contributed by atoms with Crippen molar-refractivity contribution in [3.8, 4) is 0 Å². The van der Waals surface area contributed by atoms with Gasteiger partial charge in [0.05, 0.1) is 0 Å². The largest absolute Gasteiger partial charge is 0.399 e. The van der Waals surface area contributed by atoms with Crippen LogP contribution in [0.3, 0.4) is 0 Å². The average Bonchev–Trinajstić information content (AvgIpc) is 2.76. The Morgan fingerprint density at radius 1 is 1.41 bits per heavy atom. The van der Waals surface area contributed by atoms with Crippen molar-refractivity contribution in [3.05, 3.63) is 23.3 Å². The summed E-state index contributed by atoms with van der Waals surface area (Å²) in [7, 11) is 0. The highest BCUT2D eigenvalue weighted by atomic mass is 16.5. The Balaban J connectivity index is 2.15. The SMILES string of the molecule is Cc1cc(N)cc(C)c1NC(=O)C1CCCO1. The number of nitrogen functional groups attached to an aromatic ring is 1. The van der Waals surface area contributed by atoms with Crippen LogP contribution in [0.2, 0.25) is 0 Å². The maximum Gasteiger partial charge on any atom is 0.253 e. The van der Waals surface area contributed by atoms with Crippen LogP contribution in [0.15, 0.2) is 12.1 Å². The predicted molar refractivity (Wildman–Crippen MR) is 67.9 cm³/mol. The van der Waals surface area contributed by atoms with E-state index in [1.165, 1.54) is 0 Å². The molecule has 1 heterocycles. The van der Waals surface area contributed by atoms with E-state index in [1.807, 2.05) is 26.0 Å². The van der Waals surface area contributed by atoms with Gasteiger partial charge in [0.1, 0.15) is 6.10 Å². The van der Waals surface area contributed by atoms with Crippen molar-refractivity contribution < 1.29 is 9.53 Å². The number of hydrogen-bond donors (Lipinski definition) is 2. The highest BCUT2D eigenvalue weighted by molar-refractivity contribution is 5.95. The van der Waals surface area contributed by atoms with Crippen LogP contribution in [0, 0.1) is 13.8 Å². The van der Waals surface area contributed by atoms with Gasteiger partial charge in [0.15, 0.2) is 0 Å². The monoisotopic (exact) mass is 234 g/mol.